The molecule has 1 amide bonds. The summed E-state index contributed by atoms with van der Waals surface area (Å²) in [5.41, 5.74) is 1.32. The maximum Gasteiger partial charge on any atom is 0.246 e. The lowest BCUT2D eigenvalue weighted by Gasteiger charge is -2.32. The SMILES string of the molecule is O=C(/C=C/c1ccco1)N1CCCC(c2ccccc2)C1. The Morgan fingerprint density at radius 3 is 2.81 bits per heavy atom. The summed E-state index contributed by atoms with van der Waals surface area (Å²) in [5.74, 6) is 1.22. The molecular formula is C18H19NO2. The average Bonchev–Trinajstić information content (AvgIpc) is 3.07. The summed E-state index contributed by atoms with van der Waals surface area (Å²) < 4.78 is 5.20. The van der Waals surface area contributed by atoms with Gasteiger partial charge in [-0.3, -0.25) is 4.79 Å². The van der Waals surface area contributed by atoms with Gasteiger partial charge < -0.3 is 9.32 Å². The van der Waals surface area contributed by atoms with Crippen molar-refractivity contribution in [2.24, 2.45) is 0 Å². The molecular weight excluding hydrogens is 262 g/mol. The number of amides is 1. The Labute approximate surface area is 124 Å². The monoisotopic (exact) mass is 281 g/mol. The van der Waals surface area contributed by atoms with E-state index in [0.717, 1.165) is 25.9 Å². The highest BCUT2D eigenvalue weighted by Gasteiger charge is 2.23. The molecule has 1 aliphatic heterocycles. The molecule has 1 saturated heterocycles. The second-order valence-corrected chi connectivity index (χ2v) is 5.38. The molecule has 3 nitrogen and oxygen atoms in total. The van der Waals surface area contributed by atoms with Gasteiger partial charge in [0.2, 0.25) is 5.91 Å². The summed E-state index contributed by atoms with van der Waals surface area (Å²) in [4.78, 5) is 14.2. The number of piperidine rings is 1. The Kier molecular flexibility index (Phi) is 4.20. The smallest absolute Gasteiger partial charge is 0.246 e. The van der Waals surface area contributed by atoms with E-state index in [1.165, 1.54) is 5.56 Å². The molecule has 1 unspecified atom stereocenters. The highest BCUT2D eigenvalue weighted by Crippen LogP contribution is 2.26. The van der Waals surface area contributed by atoms with Gasteiger partial charge in [0.05, 0.1) is 6.26 Å². The maximum absolute atomic E-state index is 12.3. The molecule has 3 heteroatoms. The Hall–Kier alpha value is -2.29. The first-order chi connectivity index (χ1) is 10.3. The van der Waals surface area contributed by atoms with Gasteiger partial charge in [-0.25, -0.2) is 0 Å². The first-order valence-corrected chi connectivity index (χ1v) is 7.38. The standard InChI is InChI=1S/C18H19NO2/c20-18(11-10-17-9-5-13-21-17)19-12-4-8-16(14-19)15-6-2-1-3-7-15/h1-3,5-7,9-11,13,16H,4,8,12,14H2/b11-10+. The van der Waals surface area contributed by atoms with Crippen molar-refractivity contribution in [2.75, 3.05) is 13.1 Å². The van der Waals surface area contributed by atoms with Gasteiger partial charge in [0.25, 0.3) is 0 Å². The molecule has 108 valence electrons. The fraction of sp³-hybridized carbons (Fsp3) is 0.278. The molecule has 1 aromatic heterocycles. The van der Waals surface area contributed by atoms with Crippen LogP contribution in [0.15, 0.2) is 59.2 Å². The molecule has 0 bridgehead atoms. The first-order valence-electron chi connectivity index (χ1n) is 7.38. The van der Waals surface area contributed by atoms with Gasteiger partial charge in [-0.15, -0.1) is 0 Å². The van der Waals surface area contributed by atoms with Crippen molar-refractivity contribution in [3.63, 3.8) is 0 Å². The summed E-state index contributed by atoms with van der Waals surface area (Å²) in [6.45, 7) is 1.63. The Morgan fingerprint density at radius 1 is 1.19 bits per heavy atom. The number of carbonyl (C=O) groups is 1. The first kappa shape index (κ1) is 13.7. The van der Waals surface area contributed by atoms with Crippen molar-refractivity contribution in [3.8, 4) is 0 Å². The van der Waals surface area contributed by atoms with E-state index in [-0.39, 0.29) is 5.91 Å². The molecule has 0 radical (unpaired) electrons. The number of likely N-dealkylation sites (tertiary alicyclic amines) is 1. The Morgan fingerprint density at radius 2 is 2.05 bits per heavy atom. The number of hydrogen-bond acceptors (Lipinski definition) is 2. The van der Waals surface area contributed by atoms with Crippen LogP contribution in [0.3, 0.4) is 0 Å². The number of hydrogen-bond donors (Lipinski definition) is 0. The minimum atomic E-state index is 0.0621. The van der Waals surface area contributed by atoms with Gasteiger partial charge in [0.1, 0.15) is 5.76 Å². The zero-order valence-electron chi connectivity index (χ0n) is 11.9. The van der Waals surface area contributed by atoms with E-state index in [1.54, 1.807) is 18.4 Å². The molecule has 0 N–H and O–H groups in total. The molecule has 3 rings (SSSR count). The van der Waals surface area contributed by atoms with E-state index in [1.807, 2.05) is 23.1 Å². The van der Waals surface area contributed by atoms with Crippen LogP contribution in [-0.2, 0) is 4.79 Å². The summed E-state index contributed by atoms with van der Waals surface area (Å²) in [7, 11) is 0. The summed E-state index contributed by atoms with van der Waals surface area (Å²) in [6.07, 6.45) is 7.15. The van der Waals surface area contributed by atoms with Crippen LogP contribution in [0.1, 0.15) is 30.1 Å². The van der Waals surface area contributed by atoms with Gasteiger partial charge >= 0.3 is 0 Å². The van der Waals surface area contributed by atoms with E-state index in [0.29, 0.717) is 11.7 Å². The molecule has 2 aromatic rings. The third-order valence-corrected chi connectivity index (χ3v) is 3.94. The highest BCUT2D eigenvalue weighted by molar-refractivity contribution is 5.91. The van der Waals surface area contributed by atoms with Gasteiger partial charge in [-0.05, 0) is 36.6 Å². The lowest BCUT2D eigenvalue weighted by atomic mass is 9.90. The lowest BCUT2D eigenvalue weighted by Crippen LogP contribution is -2.38. The number of nitrogens with zero attached hydrogens (tertiary/aromatic N) is 1. The van der Waals surface area contributed by atoms with Crippen LogP contribution < -0.4 is 0 Å². The second kappa shape index (κ2) is 6.44. The highest BCUT2D eigenvalue weighted by atomic mass is 16.3. The van der Waals surface area contributed by atoms with Crippen molar-refractivity contribution in [3.05, 3.63) is 66.1 Å². The molecule has 21 heavy (non-hydrogen) atoms. The van der Waals surface area contributed by atoms with Gasteiger partial charge in [-0.2, -0.15) is 0 Å². The molecule has 1 atom stereocenters. The Bertz CT molecular complexity index is 601. The van der Waals surface area contributed by atoms with Crippen molar-refractivity contribution in [2.45, 2.75) is 18.8 Å². The molecule has 1 aromatic carbocycles. The molecule has 1 fully saturated rings. The van der Waals surface area contributed by atoms with Crippen LogP contribution >= 0.6 is 0 Å². The predicted octanol–water partition coefficient (Wildman–Crippen LogP) is 3.70. The lowest BCUT2D eigenvalue weighted by molar-refractivity contribution is -0.127. The van der Waals surface area contributed by atoms with Crippen LogP contribution in [-0.4, -0.2) is 23.9 Å². The summed E-state index contributed by atoms with van der Waals surface area (Å²) >= 11 is 0. The van der Waals surface area contributed by atoms with Crippen LogP contribution in [0, 0.1) is 0 Å². The molecule has 0 spiro atoms. The van der Waals surface area contributed by atoms with E-state index in [9.17, 15) is 4.79 Å². The summed E-state index contributed by atoms with van der Waals surface area (Å²) in [6, 6.07) is 14.1. The normalized spacial score (nSPS) is 19.0. The fourth-order valence-corrected chi connectivity index (χ4v) is 2.82. The molecule has 1 aliphatic rings. The summed E-state index contributed by atoms with van der Waals surface area (Å²) in [5, 5.41) is 0. The zero-order chi connectivity index (χ0) is 14.5. The largest absolute Gasteiger partial charge is 0.465 e. The zero-order valence-corrected chi connectivity index (χ0v) is 11.9. The van der Waals surface area contributed by atoms with Gasteiger partial charge in [0.15, 0.2) is 0 Å². The third kappa shape index (κ3) is 3.43. The number of furan rings is 1. The minimum absolute atomic E-state index is 0.0621. The van der Waals surface area contributed by atoms with Crippen molar-refractivity contribution in [1.29, 1.82) is 0 Å². The van der Waals surface area contributed by atoms with E-state index < -0.39 is 0 Å². The van der Waals surface area contributed by atoms with Crippen LogP contribution in [0.25, 0.3) is 6.08 Å². The van der Waals surface area contributed by atoms with Crippen LogP contribution in [0.4, 0.5) is 0 Å². The quantitative estimate of drug-likeness (QED) is 0.804. The fourth-order valence-electron chi connectivity index (χ4n) is 2.82. The maximum atomic E-state index is 12.3. The average molecular weight is 281 g/mol. The van der Waals surface area contributed by atoms with E-state index in [4.69, 9.17) is 4.42 Å². The van der Waals surface area contributed by atoms with Crippen molar-refractivity contribution < 1.29 is 9.21 Å². The van der Waals surface area contributed by atoms with E-state index in [2.05, 4.69) is 24.3 Å². The second-order valence-electron chi connectivity index (χ2n) is 5.38. The van der Waals surface area contributed by atoms with Crippen molar-refractivity contribution >= 4 is 12.0 Å². The van der Waals surface area contributed by atoms with Crippen LogP contribution in [0.2, 0.25) is 0 Å². The van der Waals surface area contributed by atoms with Crippen LogP contribution in [0.5, 0.6) is 0 Å². The molecule has 0 saturated carbocycles. The van der Waals surface area contributed by atoms with E-state index >= 15 is 0 Å². The number of rotatable bonds is 3. The Balaban J connectivity index is 1.64. The third-order valence-electron chi connectivity index (χ3n) is 3.94. The molecule has 0 aliphatic carbocycles. The van der Waals surface area contributed by atoms with Crippen molar-refractivity contribution in [1.82, 2.24) is 4.90 Å². The predicted molar refractivity (Wildman–Crippen MR) is 82.7 cm³/mol. The number of carbonyl (C=O) groups excluding carboxylic acids is 1. The number of benzene rings is 1. The van der Waals surface area contributed by atoms with Gasteiger partial charge in [-0.1, -0.05) is 30.3 Å². The molecule has 2 heterocycles. The van der Waals surface area contributed by atoms with Gasteiger partial charge in [0, 0.05) is 25.1 Å². The topological polar surface area (TPSA) is 33.5 Å². The minimum Gasteiger partial charge on any atom is -0.465 e.